The number of anilines is 1. The summed E-state index contributed by atoms with van der Waals surface area (Å²) in [7, 11) is 0. The number of carboxylic acid groups (broad SMARTS) is 1. The third kappa shape index (κ3) is 2.90. The number of carbonyl (C=O) groups is 1. The van der Waals surface area contributed by atoms with Gasteiger partial charge in [0.1, 0.15) is 11.3 Å². The molecule has 0 bridgehead atoms. The van der Waals surface area contributed by atoms with Gasteiger partial charge in [0.05, 0.1) is 6.61 Å². The van der Waals surface area contributed by atoms with E-state index in [2.05, 4.69) is 6.92 Å². The highest BCUT2D eigenvalue weighted by Crippen LogP contribution is 2.31. The van der Waals surface area contributed by atoms with E-state index >= 15 is 0 Å². The van der Waals surface area contributed by atoms with E-state index in [1.54, 1.807) is 19.9 Å². The molecule has 0 aliphatic rings. The number of nitrogen functional groups attached to an aromatic ring is 1. The molecule has 0 saturated carbocycles. The summed E-state index contributed by atoms with van der Waals surface area (Å²) in [5.41, 5.74) is 8.14. The van der Waals surface area contributed by atoms with E-state index in [9.17, 15) is 4.79 Å². The predicted octanol–water partition coefficient (Wildman–Crippen LogP) is 2.76. The van der Waals surface area contributed by atoms with Gasteiger partial charge in [-0.1, -0.05) is 13.3 Å². The van der Waals surface area contributed by atoms with Gasteiger partial charge in [-0.3, -0.25) is 0 Å². The fraction of sp³-hybridized carbons (Fsp3) is 0.462. The zero-order valence-electron chi connectivity index (χ0n) is 10.5. The summed E-state index contributed by atoms with van der Waals surface area (Å²) in [6, 6.07) is 1.56. The van der Waals surface area contributed by atoms with Crippen LogP contribution in [-0.2, 0) is 0 Å². The van der Waals surface area contributed by atoms with Crippen LogP contribution < -0.4 is 10.5 Å². The van der Waals surface area contributed by atoms with Gasteiger partial charge in [-0.15, -0.1) is 0 Å². The third-order valence-electron chi connectivity index (χ3n) is 2.75. The normalized spacial score (nSPS) is 10.3. The zero-order chi connectivity index (χ0) is 13.0. The maximum atomic E-state index is 11.1. The van der Waals surface area contributed by atoms with Gasteiger partial charge < -0.3 is 15.6 Å². The van der Waals surface area contributed by atoms with Gasteiger partial charge in [-0.05, 0) is 31.9 Å². The first-order valence-corrected chi connectivity index (χ1v) is 5.74. The van der Waals surface area contributed by atoms with Crippen LogP contribution >= 0.6 is 0 Å². The van der Waals surface area contributed by atoms with E-state index < -0.39 is 5.97 Å². The molecule has 1 rings (SSSR count). The molecule has 0 aromatic heterocycles. The molecule has 3 N–H and O–H groups in total. The van der Waals surface area contributed by atoms with E-state index in [1.807, 2.05) is 0 Å². The Kier molecular flexibility index (Phi) is 4.37. The second-order valence-corrected chi connectivity index (χ2v) is 4.12. The van der Waals surface area contributed by atoms with Gasteiger partial charge in [0, 0.05) is 11.3 Å². The van der Waals surface area contributed by atoms with Crippen molar-refractivity contribution in [2.24, 2.45) is 0 Å². The molecule has 0 spiro atoms. The third-order valence-corrected chi connectivity index (χ3v) is 2.75. The van der Waals surface area contributed by atoms with Crippen LogP contribution in [0, 0.1) is 13.8 Å². The van der Waals surface area contributed by atoms with Crippen LogP contribution in [0.25, 0.3) is 0 Å². The summed E-state index contributed by atoms with van der Waals surface area (Å²) in [5.74, 6) is -0.586. The average Bonchev–Trinajstić information content (AvgIpc) is 2.28. The SMILES string of the molecule is CCCCOc1c(C(=O)O)cc(C)c(N)c1C. The molecule has 94 valence electrons. The largest absolute Gasteiger partial charge is 0.492 e. The van der Waals surface area contributed by atoms with Crippen molar-refractivity contribution < 1.29 is 14.6 Å². The maximum Gasteiger partial charge on any atom is 0.339 e. The van der Waals surface area contributed by atoms with E-state index in [1.165, 1.54) is 0 Å². The molecule has 4 nitrogen and oxygen atoms in total. The number of unbranched alkanes of at least 4 members (excludes halogenated alkanes) is 1. The quantitative estimate of drug-likeness (QED) is 0.610. The van der Waals surface area contributed by atoms with E-state index in [4.69, 9.17) is 15.6 Å². The first kappa shape index (κ1) is 13.4. The van der Waals surface area contributed by atoms with Crippen LogP contribution in [0.15, 0.2) is 6.07 Å². The first-order chi connectivity index (χ1) is 7.99. The molecule has 17 heavy (non-hydrogen) atoms. The Bertz CT molecular complexity index is 427. The summed E-state index contributed by atoms with van der Waals surface area (Å²) < 4.78 is 5.54. The van der Waals surface area contributed by atoms with Crippen molar-refractivity contribution >= 4 is 11.7 Å². The van der Waals surface area contributed by atoms with Crippen LogP contribution in [0.2, 0.25) is 0 Å². The van der Waals surface area contributed by atoms with Crippen LogP contribution in [-0.4, -0.2) is 17.7 Å². The van der Waals surface area contributed by atoms with Crippen LogP contribution in [0.1, 0.15) is 41.3 Å². The van der Waals surface area contributed by atoms with Crippen LogP contribution in [0.5, 0.6) is 5.75 Å². The molecule has 0 unspecified atom stereocenters. The monoisotopic (exact) mass is 237 g/mol. The van der Waals surface area contributed by atoms with Crippen molar-refractivity contribution in [3.63, 3.8) is 0 Å². The minimum absolute atomic E-state index is 0.185. The molecular formula is C13H19NO3. The molecule has 0 aliphatic heterocycles. The van der Waals surface area contributed by atoms with Gasteiger partial charge in [-0.25, -0.2) is 4.79 Å². The molecule has 0 atom stereocenters. The molecule has 0 fully saturated rings. The summed E-state index contributed by atoms with van der Waals surface area (Å²) >= 11 is 0. The van der Waals surface area contributed by atoms with Gasteiger partial charge in [0.15, 0.2) is 0 Å². The maximum absolute atomic E-state index is 11.1. The highest BCUT2D eigenvalue weighted by Gasteiger charge is 2.17. The van der Waals surface area contributed by atoms with Gasteiger partial charge in [0.2, 0.25) is 0 Å². The number of ether oxygens (including phenoxy) is 1. The van der Waals surface area contributed by atoms with Crippen molar-refractivity contribution in [1.82, 2.24) is 0 Å². The minimum Gasteiger partial charge on any atom is -0.492 e. The highest BCUT2D eigenvalue weighted by atomic mass is 16.5. The Labute approximate surface area is 101 Å². The van der Waals surface area contributed by atoms with Crippen molar-refractivity contribution in [3.8, 4) is 5.75 Å². The first-order valence-electron chi connectivity index (χ1n) is 5.74. The Balaban J connectivity index is 3.15. The number of hydrogen-bond donors (Lipinski definition) is 2. The topological polar surface area (TPSA) is 72.5 Å². The molecule has 1 aromatic carbocycles. The number of carboxylic acids is 1. The molecule has 4 heteroatoms. The van der Waals surface area contributed by atoms with Crippen molar-refractivity contribution in [3.05, 3.63) is 22.8 Å². The second-order valence-electron chi connectivity index (χ2n) is 4.12. The molecule has 0 amide bonds. The molecule has 0 radical (unpaired) electrons. The molecule has 0 aliphatic carbocycles. The number of benzene rings is 1. The highest BCUT2D eigenvalue weighted by molar-refractivity contribution is 5.93. The van der Waals surface area contributed by atoms with Gasteiger partial charge in [-0.2, -0.15) is 0 Å². The average molecular weight is 237 g/mol. The van der Waals surface area contributed by atoms with Crippen LogP contribution in [0.3, 0.4) is 0 Å². The fourth-order valence-electron chi connectivity index (χ4n) is 1.64. The predicted molar refractivity (Wildman–Crippen MR) is 67.7 cm³/mol. The lowest BCUT2D eigenvalue weighted by molar-refractivity contribution is 0.0692. The summed E-state index contributed by atoms with van der Waals surface area (Å²) in [5, 5.41) is 9.14. The number of aromatic carboxylic acids is 1. The minimum atomic E-state index is -0.984. The fourth-order valence-corrected chi connectivity index (χ4v) is 1.64. The van der Waals surface area contributed by atoms with E-state index in [-0.39, 0.29) is 5.56 Å². The lowest BCUT2D eigenvalue weighted by atomic mass is 10.0. The van der Waals surface area contributed by atoms with E-state index in [0.717, 1.165) is 18.4 Å². The Hall–Kier alpha value is -1.71. The second kappa shape index (κ2) is 5.57. The molecular weight excluding hydrogens is 218 g/mol. The smallest absolute Gasteiger partial charge is 0.339 e. The van der Waals surface area contributed by atoms with Crippen LogP contribution in [0.4, 0.5) is 5.69 Å². The standard InChI is InChI=1S/C13H19NO3/c1-4-5-6-17-12-9(3)11(14)8(2)7-10(12)13(15)16/h7H,4-6,14H2,1-3H3,(H,15,16). The zero-order valence-corrected chi connectivity index (χ0v) is 10.5. The Morgan fingerprint density at radius 3 is 2.65 bits per heavy atom. The van der Waals surface area contributed by atoms with Crippen molar-refractivity contribution in [1.29, 1.82) is 0 Å². The number of rotatable bonds is 5. The summed E-state index contributed by atoms with van der Waals surface area (Å²) in [6.45, 7) is 6.15. The van der Waals surface area contributed by atoms with Gasteiger partial charge >= 0.3 is 5.97 Å². The number of aryl methyl sites for hydroxylation is 1. The summed E-state index contributed by atoms with van der Waals surface area (Å²) in [6.07, 6.45) is 1.90. The van der Waals surface area contributed by atoms with E-state index in [0.29, 0.717) is 23.6 Å². The van der Waals surface area contributed by atoms with Crippen molar-refractivity contribution in [2.45, 2.75) is 33.6 Å². The Morgan fingerprint density at radius 2 is 2.12 bits per heavy atom. The Morgan fingerprint density at radius 1 is 1.47 bits per heavy atom. The van der Waals surface area contributed by atoms with Crippen molar-refractivity contribution in [2.75, 3.05) is 12.3 Å². The number of hydrogen-bond acceptors (Lipinski definition) is 3. The molecule has 1 aromatic rings. The molecule has 0 heterocycles. The summed E-state index contributed by atoms with van der Waals surface area (Å²) in [4.78, 5) is 11.1. The van der Waals surface area contributed by atoms with Gasteiger partial charge in [0.25, 0.3) is 0 Å². The lowest BCUT2D eigenvalue weighted by Crippen LogP contribution is -2.09. The lowest BCUT2D eigenvalue weighted by Gasteiger charge is -2.15. The number of nitrogens with two attached hydrogens (primary N) is 1. The molecule has 0 saturated heterocycles.